The van der Waals surface area contributed by atoms with E-state index in [9.17, 15) is 13.2 Å². The molecule has 3 aliphatic rings. The van der Waals surface area contributed by atoms with E-state index in [4.69, 9.17) is 0 Å². The number of carbonyl (C=O) groups is 1. The standard InChI is InChI=1S/C17H30N4O3S.HI/c1-18-17(21-10-13-4-2-3-5-14(13)11-21)19-8-6-16(22)20-15-7-9-25(23,24)12-15;/h13-15H,2-12H2,1H3,(H,18,19)(H,20,22);1H. The number of carbonyl (C=O) groups excluding carboxylic acids is 1. The van der Waals surface area contributed by atoms with Crippen LogP contribution in [0.15, 0.2) is 4.99 Å². The number of nitrogens with zero attached hydrogens (tertiary/aromatic N) is 2. The summed E-state index contributed by atoms with van der Waals surface area (Å²) in [6, 6.07) is -0.224. The summed E-state index contributed by atoms with van der Waals surface area (Å²) in [5.41, 5.74) is 0. The molecular weight excluding hydrogens is 467 g/mol. The lowest BCUT2D eigenvalue weighted by atomic mass is 9.82. The second-order valence-electron chi connectivity index (χ2n) is 7.60. The van der Waals surface area contributed by atoms with Gasteiger partial charge in [0, 0.05) is 39.1 Å². The van der Waals surface area contributed by atoms with Crippen LogP contribution in [0.4, 0.5) is 0 Å². The molecule has 2 aliphatic heterocycles. The van der Waals surface area contributed by atoms with E-state index in [2.05, 4.69) is 20.5 Å². The zero-order valence-electron chi connectivity index (χ0n) is 15.4. The number of hydrogen-bond donors (Lipinski definition) is 2. The minimum absolute atomic E-state index is 0. The molecule has 26 heavy (non-hydrogen) atoms. The molecular formula is C17H31IN4O3S. The van der Waals surface area contributed by atoms with E-state index in [1.54, 1.807) is 7.05 Å². The van der Waals surface area contributed by atoms with Gasteiger partial charge < -0.3 is 15.5 Å². The van der Waals surface area contributed by atoms with Gasteiger partial charge in [-0.25, -0.2) is 8.42 Å². The highest BCUT2D eigenvalue weighted by atomic mass is 127. The highest BCUT2D eigenvalue weighted by Crippen LogP contribution is 2.35. The molecule has 2 saturated heterocycles. The molecule has 0 aromatic carbocycles. The van der Waals surface area contributed by atoms with Crippen molar-refractivity contribution in [2.45, 2.75) is 44.6 Å². The number of rotatable bonds is 4. The molecule has 1 aliphatic carbocycles. The molecule has 1 amide bonds. The topological polar surface area (TPSA) is 90.9 Å². The van der Waals surface area contributed by atoms with Crippen molar-refractivity contribution in [3.8, 4) is 0 Å². The highest BCUT2D eigenvalue weighted by Gasteiger charge is 2.35. The van der Waals surface area contributed by atoms with Crippen LogP contribution >= 0.6 is 24.0 Å². The van der Waals surface area contributed by atoms with Crippen LogP contribution in [0.1, 0.15) is 38.5 Å². The Morgan fingerprint density at radius 2 is 1.81 bits per heavy atom. The predicted octanol–water partition coefficient (Wildman–Crippen LogP) is 0.995. The monoisotopic (exact) mass is 498 g/mol. The van der Waals surface area contributed by atoms with E-state index in [-0.39, 0.29) is 47.4 Å². The molecule has 3 atom stereocenters. The van der Waals surface area contributed by atoms with Gasteiger partial charge in [-0.1, -0.05) is 12.8 Å². The van der Waals surface area contributed by atoms with Gasteiger partial charge in [-0.05, 0) is 31.1 Å². The Hall–Kier alpha value is -0.580. The van der Waals surface area contributed by atoms with Crippen molar-refractivity contribution in [2.24, 2.45) is 16.8 Å². The summed E-state index contributed by atoms with van der Waals surface area (Å²) in [4.78, 5) is 18.7. The first-order chi connectivity index (χ1) is 12.0. The van der Waals surface area contributed by atoms with Gasteiger partial charge in [0.1, 0.15) is 0 Å². The van der Waals surface area contributed by atoms with Gasteiger partial charge >= 0.3 is 0 Å². The summed E-state index contributed by atoms with van der Waals surface area (Å²) in [7, 11) is -1.17. The first-order valence-corrected chi connectivity index (χ1v) is 11.2. The second-order valence-corrected chi connectivity index (χ2v) is 9.83. The minimum Gasteiger partial charge on any atom is -0.356 e. The molecule has 2 heterocycles. The van der Waals surface area contributed by atoms with Gasteiger partial charge in [0.25, 0.3) is 0 Å². The Morgan fingerprint density at radius 1 is 1.15 bits per heavy atom. The van der Waals surface area contributed by atoms with E-state index in [0.717, 1.165) is 30.9 Å². The van der Waals surface area contributed by atoms with Gasteiger partial charge in [-0.3, -0.25) is 9.79 Å². The Kier molecular flexibility index (Phi) is 7.99. The lowest BCUT2D eigenvalue weighted by Crippen LogP contribution is -2.42. The average molecular weight is 498 g/mol. The molecule has 3 unspecified atom stereocenters. The highest BCUT2D eigenvalue weighted by molar-refractivity contribution is 14.0. The molecule has 1 saturated carbocycles. The number of halogens is 1. The van der Waals surface area contributed by atoms with Crippen molar-refractivity contribution in [3.05, 3.63) is 0 Å². The van der Waals surface area contributed by atoms with Crippen molar-refractivity contribution in [1.82, 2.24) is 15.5 Å². The number of aliphatic imine (C=N–C) groups is 1. The zero-order valence-corrected chi connectivity index (χ0v) is 18.6. The third-order valence-electron chi connectivity index (χ3n) is 5.72. The first kappa shape index (κ1) is 21.7. The smallest absolute Gasteiger partial charge is 0.222 e. The van der Waals surface area contributed by atoms with Crippen molar-refractivity contribution in [3.63, 3.8) is 0 Å². The molecule has 0 radical (unpaired) electrons. The van der Waals surface area contributed by atoms with Crippen LogP contribution in [0, 0.1) is 11.8 Å². The molecule has 0 bridgehead atoms. The summed E-state index contributed by atoms with van der Waals surface area (Å²) in [6.07, 6.45) is 6.20. The second kappa shape index (κ2) is 9.57. The fraction of sp³-hybridized carbons (Fsp3) is 0.882. The summed E-state index contributed by atoms with van der Waals surface area (Å²) < 4.78 is 22.9. The number of hydrogen-bond acceptors (Lipinski definition) is 4. The van der Waals surface area contributed by atoms with Crippen LogP contribution in [0.2, 0.25) is 0 Å². The minimum atomic E-state index is -2.96. The van der Waals surface area contributed by atoms with Gasteiger partial charge in [0.2, 0.25) is 5.91 Å². The van der Waals surface area contributed by atoms with Crippen LogP contribution in [0.5, 0.6) is 0 Å². The van der Waals surface area contributed by atoms with Crippen molar-refractivity contribution >= 4 is 45.7 Å². The third-order valence-corrected chi connectivity index (χ3v) is 7.49. The van der Waals surface area contributed by atoms with E-state index in [1.165, 1.54) is 25.7 Å². The van der Waals surface area contributed by atoms with E-state index < -0.39 is 9.84 Å². The molecule has 2 N–H and O–H groups in total. The molecule has 3 rings (SSSR count). The summed E-state index contributed by atoms with van der Waals surface area (Å²) in [5.74, 6) is 2.62. The molecule has 0 spiro atoms. The molecule has 150 valence electrons. The third kappa shape index (κ3) is 5.71. The van der Waals surface area contributed by atoms with Gasteiger partial charge in [-0.15, -0.1) is 24.0 Å². The summed E-state index contributed by atoms with van der Waals surface area (Å²) in [5, 5.41) is 6.11. The maximum Gasteiger partial charge on any atom is 0.222 e. The maximum atomic E-state index is 12.0. The Balaban J connectivity index is 0.00000243. The summed E-state index contributed by atoms with van der Waals surface area (Å²) in [6.45, 7) is 2.65. The lowest BCUT2D eigenvalue weighted by molar-refractivity contribution is -0.121. The normalized spacial score (nSPS) is 30.4. The largest absolute Gasteiger partial charge is 0.356 e. The maximum absolute atomic E-state index is 12.0. The number of likely N-dealkylation sites (tertiary alicyclic amines) is 1. The van der Waals surface area contributed by atoms with Crippen LogP contribution in [0.25, 0.3) is 0 Å². The number of amides is 1. The quantitative estimate of drug-likeness (QED) is 0.343. The molecule has 0 aromatic rings. The number of nitrogens with one attached hydrogen (secondary N) is 2. The van der Waals surface area contributed by atoms with Crippen molar-refractivity contribution in [2.75, 3.05) is 38.2 Å². The Labute approximate surface area is 173 Å². The number of guanidine groups is 1. The average Bonchev–Trinajstić information content (AvgIpc) is 3.14. The molecule has 3 fully saturated rings. The zero-order chi connectivity index (χ0) is 17.9. The number of sulfone groups is 1. The fourth-order valence-electron chi connectivity index (χ4n) is 4.41. The van der Waals surface area contributed by atoms with Crippen LogP contribution < -0.4 is 10.6 Å². The van der Waals surface area contributed by atoms with Crippen LogP contribution in [-0.2, 0) is 14.6 Å². The number of fused-ring (bicyclic) bond motifs is 1. The Morgan fingerprint density at radius 3 is 2.35 bits per heavy atom. The Bertz CT molecular complexity index is 611. The van der Waals surface area contributed by atoms with E-state index in [1.807, 2.05) is 0 Å². The van der Waals surface area contributed by atoms with Gasteiger partial charge in [-0.2, -0.15) is 0 Å². The van der Waals surface area contributed by atoms with Gasteiger partial charge in [0.15, 0.2) is 15.8 Å². The van der Waals surface area contributed by atoms with Crippen molar-refractivity contribution in [1.29, 1.82) is 0 Å². The van der Waals surface area contributed by atoms with E-state index in [0.29, 0.717) is 19.4 Å². The summed E-state index contributed by atoms with van der Waals surface area (Å²) >= 11 is 0. The SMILES string of the molecule is CN=C(NCCC(=O)NC1CCS(=O)(=O)C1)N1CC2CCCCC2C1.I. The lowest BCUT2D eigenvalue weighted by Gasteiger charge is -2.22. The first-order valence-electron chi connectivity index (χ1n) is 9.42. The van der Waals surface area contributed by atoms with Crippen molar-refractivity contribution < 1.29 is 13.2 Å². The fourth-order valence-corrected chi connectivity index (χ4v) is 6.08. The van der Waals surface area contributed by atoms with E-state index >= 15 is 0 Å². The van der Waals surface area contributed by atoms with Crippen LogP contribution in [0.3, 0.4) is 0 Å². The van der Waals surface area contributed by atoms with Crippen LogP contribution in [-0.4, -0.2) is 69.4 Å². The molecule has 9 heteroatoms. The van der Waals surface area contributed by atoms with Gasteiger partial charge in [0.05, 0.1) is 11.5 Å². The molecule has 7 nitrogen and oxygen atoms in total. The predicted molar refractivity (Wildman–Crippen MR) is 114 cm³/mol. The molecule has 0 aromatic heterocycles.